The first-order valence-electron chi connectivity index (χ1n) is 16.0. The van der Waals surface area contributed by atoms with E-state index in [2.05, 4.69) is 6.92 Å². The first kappa shape index (κ1) is 35.2. The van der Waals surface area contributed by atoms with Crippen molar-refractivity contribution in [1.82, 2.24) is 0 Å². The van der Waals surface area contributed by atoms with Crippen LogP contribution in [-0.4, -0.2) is 34.0 Å². The number of unbranched alkanes of at least 4 members (excludes halogenated alkanes) is 12. The highest BCUT2D eigenvalue weighted by Crippen LogP contribution is 2.38. The van der Waals surface area contributed by atoms with Crippen molar-refractivity contribution < 1.29 is 33.8 Å². The van der Waals surface area contributed by atoms with E-state index in [4.69, 9.17) is 11.5 Å². The van der Waals surface area contributed by atoms with Crippen molar-refractivity contribution >= 4 is 34.5 Å². The van der Waals surface area contributed by atoms with Crippen LogP contribution in [0.4, 0.5) is 4.39 Å². The number of aryl methyl sites for hydroxylation is 1. The second kappa shape index (κ2) is 17.3. The van der Waals surface area contributed by atoms with Gasteiger partial charge in [0.1, 0.15) is 5.82 Å². The Hall–Kier alpha value is -4.27. The summed E-state index contributed by atoms with van der Waals surface area (Å²) < 4.78 is 16.2. The summed E-state index contributed by atoms with van der Waals surface area (Å²) in [6.07, 6.45) is 14.5. The quantitative estimate of drug-likeness (QED) is 0.0943. The lowest BCUT2D eigenvalue weighted by atomic mass is 9.83. The van der Waals surface area contributed by atoms with Gasteiger partial charge in [-0.2, -0.15) is 0 Å². The van der Waals surface area contributed by atoms with Gasteiger partial charge in [0.15, 0.2) is 0 Å². The fourth-order valence-electron chi connectivity index (χ4n) is 6.18. The predicted molar refractivity (Wildman–Crippen MR) is 174 cm³/mol. The summed E-state index contributed by atoms with van der Waals surface area (Å²) in [6, 6.07) is 9.67. The van der Waals surface area contributed by atoms with Crippen LogP contribution in [0.5, 0.6) is 0 Å². The minimum atomic E-state index is -1.49. The van der Waals surface area contributed by atoms with E-state index in [1.54, 1.807) is 30.3 Å². The lowest BCUT2D eigenvalue weighted by Gasteiger charge is -2.21. The van der Waals surface area contributed by atoms with Crippen molar-refractivity contribution in [2.45, 2.75) is 103 Å². The van der Waals surface area contributed by atoms with Crippen LogP contribution >= 0.6 is 0 Å². The first-order chi connectivity index (χ1) is 21.6. The van der Waals surface area contributed by atoms with Gasteiger partial charge in [-0.3, -0.25) is 9.59 Å². The topological polar surface area (TPSA) is 161 Å². The van der Waals surface area contributed by atoms with E-state index in [9.17, 15) is 29.4 Å². The van der Waals surface area contributed by atoms with E-state index in [0.29, 0.717) is 12.0 Å². The number of hydrogen-bond acceptors (Lipinski definition) is 4. The second-order valence-electron chi connectivity index (χ2n) is 11.7. The van der Waals surface area contributed by atoms with Crippen LogP contribution in [0.1, 0.15) is 149 Å². The highest BCUT2D eigenvalue weighted by molar-refractivity contribution is 6.24. The maximum Gasteiger partial charge on any atom is 0.336 e. The van der Waals surface area contributed by atoms with Gasteiger partial charge >= 0.3 is 11.9 Å². The average molecular weight is 621 g/mol. The molecule has 3 rings (SSSR count). The van der Waals surface area contributed by atoms with Crippen LogP contribution < -0.4 is 11.5 Å². The predicted octanol–water partition coefficient (Wildman–Crippen LogP) is 7.80. The van der Waals surface area contributed by atoms with Gasteiger partial charge in [0.05, 0.1) is 22.3 Å². The summed E-state index contributed by atoms with van der Waals surface area (Å²) >= 11 is 0. The van der Waals surface area contributed by atoms with E-state index < -0.39 is 62.6 Å². The highest BCUT2D eigenvalue weighted by atomic mass is 19.1. The summed E-state index contributed by atoms with van der Waals surface area (Å²) in [5.74, 6) is -6.58. The molecule has 0 atom stereocenters. The number of carbonyl (C=O) groups excluding carboxylic acids is 2. The molecule has 6 N–H and O–H groups in total. The van der Waals surface area contributed by atoms with Crippen LogP contribution in [0.3, 0.4) is 0 Å². The third kappa shape index (κ3) is 9.12. The van der Waals surface area contributed by atoms with Gasteiger partial charge in [0.25, 0.3) is 5.91 Å². The van der Waals surface area contributed by atoms with E-state index in [-0.39, 0.29) is 24.0 Å². The van der Waals surface area contributed by atoms with Crippen molar-refractivity contribution in [3.05, 3.63) is 81.2 Å². The average Bonchev–Trinajstić information content (AvgIpc) is 2.99. The number of fused-ring (bicyclic) bond motifs is 1. The molecule has 0 spiro atoms. The molecule has 0 aliphatic rings. The molecule has 9 heteroatoms. The number of primary amides is 2. The van der Waals surface area contributed by atoms with Crippen LogP contribution in [-0.2, 0) is 12.8 Å². The molecule has 0 heterocycles. The molecule has 0 fully saturated rings. The van der Waals surface area contributed by atoms with Crippen molar-refractivity contribution in [3.8, 4) is 0 Å². The molecule has 45 heavy (non-hydrogen) atoms. The number of rotatable bonds is 20. The van der Waals surface area contributed by atoms with Crippen molar-refractivity contribution in [1.29, 1.82) is 0 Å². The number of benzene rings is 3. The molecule has 8 nitrogen and oxygen atoms in total. The second-order valence-corrected chi connectivity index (χ2v) is 11.7. The number of nitrogens with two attached hydrogens (primary N) is 2. The molecule has 2 amide bonds. The van der Waals surface area contributed by atoms with Crippen LogP contribution in [0.25, 0.3) is 10.8 Å². The molecule has 0 radical (unpaired) electrons. The third-order valence-corrected chi connectivity index (χ3v) is 8.41. The molecule has 0 aliphatic heterocycles. The van der Waals surface area contributed by atoms with Crippen LogP contribution in [0.2, 0.25) is 0 Å². The van der Waals surface area contributed by atoms with Crippen LogP contribution in [0.15, 0.2) is 36.4 Å². The molecular weight excluding hydrogens is 575 g/mol. The molecule has 242 valence electrons. The number of amides is 2. The summed E-state index contributed by atoms with van der Waals surface area (Å²) in [5.41, 5.74) is 9.52. The lowest BCUT2D eigenvalue weighted by molar-refractivity contribution is 0.0683. The Morgan fingerprint density at radius 3 is 1.64 bits per heavy atom. The van der Waals surface area contributed by atoms with Gasteiger partial charge in [-0.15, -0.1) is 0 Å². The summed E-state index contributed by atoms with van der Waals surface area (Å²) in [4.78, 5) is 50.7. The number of halogens is 1. The number of carbonyl (C=O) groups is 4. The zero-order chi connectivity index (χ0) is 32.9. The minimum Gasteiger partial charge on any atom is -0.478 e. The normalized spacial score (nSPS) is 11.2. The maximum atomic E-state index is 16.2. The molecule has 0 saturated carbocycles. The zero-order valence-corrected chi connectivity index (χ0v) is 26.1. The van der Waals surface area contributed by atoms with E-state index in [0.717, 1.165) is 25.7 Å². The number of hydrogen-bond donors (Lipinski definition) is 4. The summed E-state index contributed by atoms with van der Waals surface area (Å²) in [6.45, 7) is 2.21. The largest absolute Gasteiger partial charge is 0.478 e. The lowest BCUT2D eigenvalue weighted by Crippen LogP contribution is -2.24. The standard InChI is InChI=1S/C36H45FN2O6/c1-2-3-4-5-6-7-8-9-10-11-12-13-17-20-24-22-26(35(42)43)28-29(33(38)40)25(21-23-18-15-14-16-19-23)32(37)31(34(39)41)30(28)27(24)36(44)45/h14-16,18-19,22H,2-13,17,20-21H2,1H3,(H2,38,40)(H2,39,41)(H,42,43)(H,44,45). The minimum absolute atomic E-state index is 0.128. The van der Waals surface area contributed by atoms with E-state index >= 15 is 4.39 Å². The molecule has 3 aromatic rings. The Bertz CT molecular complexity index is 1520. The number of carboxylic acids is 2. The van der Waals surface area contributed by atoms with Gasteiger partial charge in [-0.25, -0.2) is 14.0 Å². The summed E-state index contributed by atoms with van der Waals surface area (Å²) in [7, 11) is 0. The van der Waals surface area contributed by atoms with Gasteiger partial charge in [0, 0.05) is 22.8 Å². The smallest absolute Gasteiger partial charge is 0.336 e. The Morgan fingerprint density at radius 2 is 1.18 bits per heavy atom. The summed E-state index contributed by atoms with van der Waals surface area (Å²) in [5, 5.41) is 19.6. The SMILES string of the molecule is CCCCCCCCCCCCCCCc1cc(C(=O)O)c2c(C(N)=O)c(Cc3ccccc3)c(F)c(C(N)=O)c2c1C(=O)O. The van der Waals surface area contributed by atoms with Gasteiger partial charge in [0.2, 0.25) is 5.91 Å². The Labute approximate surface area is 264 Å². The van der Waals surface area contributed by atoms with E-state index in [1.807, 2.05) is 0 Å². The molecule has 0 aromatic heterocycles. The van der Waals surface area contributed by atoms with Crippen molar-refractivity contribution in [3.63, 3.8) is 0 Å². The molecule has 3 aromatic carbocycles. The van der Waals surface area contributed by atoms with E-state index in [1.165, 1.54) is 57.4 Å². The maximum absolute atomic E-state index is 16.2. The van der Waals surface area contributed by atoms with Gasteiger partial charge in [-0.05, 0) is 30.0 Å². The fourth-order valence-corrected chi connectivity index (χ4v) is 6.18. The fraction of sp³-hybridized carbons (Fsp3) is 0.444. The van der Waals surface area contributed by atoms with Crippen LogP contribution in [0, 0.1) is 5.82 Å². The number of aromatic carboxylic acids is 2. The molecule has 0 aliphatic carbocycles. The molecule has 0 unspecified atom stereocenters. The molecular formula is C36H45FN2O6. The Kier molecular flexibility index (Phi) is 13.5. The molecule has 0 bridgehead atoms. The Morgan fingerprint density at radius 1 is 0.667 bits per heavy atom. The van der Waals surface area contributed by atoms with Gasteiger partial charge < -0.3 is 21.7 Å². The third-order valence-electron chi connectivity index (χ3n) is 8.41. The Balaban J connectivity index is 1.92. The van der Waals surface area contributed by atoms with Gasteiger partial charge in [-0.1, -0.05) is 114 Å². The monoisotopic (exact) mass is 620 g/mol. The first-order valence-corrected chi connectivity index (χ1v) is 16.0. The zero-order valence-electron chi connectivity index (χ0n) is 26.1. The highest BCUT2D eigenvalue weighted by Gasteiger charge is 2.32. The van der Waals surface area contributed by atoms with Crippen molar-refractivity contribution in [2.24, 2.45) is 11.5 Å². The molecule has 0 saturated heterocycles. The number of carboxylic acid groups (broad SMARTS) is 2. The van der Waals surface area contributed by atoms with Crippen molar-refractivity contribution in [2.75, 3.05) is 0 Å².